The number of carboxylic acid groups (broad SMARTS) is 2. The molecule has 0 fully saturated rings. The lowest BCUT2D eigenvalue weighted by Gasteiger charge is -2.14. The molecule has 0 saturated heterocycles. The summed E-state index contributed by atoms with van der Waals surface area (Å²) in [6, 6.07) is 11.6. The van der Waals surface area contributed by atoms with Crippen molar-refractivity contribution >= 4 is 23.7 Å². The van der Waals surface area contributed by atoms with Crippen molar-refractivity contribution in [2.24, 2.45) is 0 Å². The summed E-state index contributed by atoms with van der Waals surface area (Å²) in [5.74, 6) is -2.26. The van der Waals surface area contributed by atoms with E-state index in [4.69, 9.17) is 4.74 Å². The van der Waals surface area contributed by atoms with Gasteiger partial charge in [0, 0.05) is 18.9 Å². The van der Waals surface area contributed by atoms with E-state index in [2.05, 4.69) is 15.3 Å². The van der Waals surface area contributed by atoms with Crippen molar-refractivity contribution in [2.75, 3.05) is 5.32 Å². The summed E-state index contributed by atoms with van der Waals surface area (Å²) < 4.78 is 5.76. The molecule has 0 aliphatic heterocycles. The number of amides is 1. The van der Waals surface area contributed by atoms with Gasteiger partial charge in [0.05, 0.1) is 11.3 Å². The number of hydrogen-bond donors (Lipinski definition) is 4. The highest BCUT2D eigenvalue weighted by Crippen LogP contribution is 2.31. The second-order valence-electron chi connectivity index (χ2n) is 8.33. The number of H-pyrrole nitrogens is 1. The van der Waals surface area contributed by atoms with E-state index in [-0.39, 0.29) is 23.9 Å². The van der Waals surface area contributed by atoms with Crippen LogP contribution in [0, 0.1) is 6.92 Å². The van der Waals surface area contributed by atoms with E-state index < -0.39 is 17.9 Å². The maximum Gasteiger partial charge on any atom is 0.336 e. The third kappa shape index (κ3) is 6.47. The maximum absolute atomic E-state index is 12.2. The molecule has 2 aromatic carbocycles. The molecular weight excluding hydrogens is 450 g/mol. The molecule has 3 aromatic rings. The zero-order valence-electron chi connectivity index (χ0n) is 19.9. The van der Waals surface area contributed by atoms with Gasteiger partial charge in [-0.15, -0.1) is 0 Å². The molecule has 9 heteroatoms. The first-order valence-electron chi connectivity index (χ1n) is 11.3. The molecule has 1 atom stereocenters. The highest BCUT2D eigenvalue weighted by atomic mass is 16.5. The lowest BCUT2D eigenvalue weighted by molar-refractivity contribution is -0.137. The van der Waals surface area contributed by atoms with E-state index in [1.54, 1.807) is 36.4 Å². The van der Waals surface area contributed by atoms with Crippen LogP contribution in [0.1, 0.15) is 71.2 Å². The number of nitrogens with zero attached hydrogens (tertiary/aromatic N) is 1. The normalized spacial score (nSPS) is 11.6. The number of aromatic amines is 1. The van der Waals surface area contributed by atoms with Crippen molar-refractivity contribution in [3.8, 4) is 5.75 Å². The summed E-state index contributed by atoms with van der Waals surface area (Å²) in [6.45, 7) is 5.26. The predicted molar refractivity (Wildman–Crippen MR) is 130 cm³/mol. The first-order chi connectivity index (χ1) is 16.7. The van der Waals surface area contributed by atoms with E-state index in [0.29, 0.717) is 34.8 Å². The van der Waals surface area contributed by atoms with Crippen molar-refractivity contribution in [1.82, 2.24) is 9.97 Å². The van der Waals surface area contributed by atoms with Crippen molar-refractivity contribution < 1.29 is 29.3 Å². The van der Waals surface area contributed by atoms with Crippen LogP contribution in [-0.4, -0.2) is 38.0 Å². The van der Waals surface area contributed by atoms with Crippen molar-refractivity contribution in [2.45, 2.75) is 52.6 Å². The number of aromatic nitrogens is 2. The average Bonchev–Trinajstić information content (AvgIpc) is 3.18. The number of aliphatic carboxylic acids is 1. The van der Waals surface area contributed by atoms with Crippen LogP contribution in [0.15, 0.2) is 42.5 Å². The molecule has 3 rings (SSSR count). The molecule has 0 spiro atoms. The fraction of sp³-hybridized carbons (Fsp3) is 0.308. The van der Waals surface area contributed by atoms with Gasteiger partial charge in [-0.05, 0) is 37.1 Å². The number of unbranched alkanes of at least 4 members (excludes halogenated alkanes) is 1. The highest BCUT2D eigenvalue weighted by Gasteiger charge is 2.28. The van der Waals surface area contributed by atoms with E-state index in [0.717, 1.165) is 18.4 Å². The molecule has 184 valence electrons. The average molecular weight is 480 g/mol. The lowest BCUT2D eigenvalue weighted by Crippen LogP contribution is -2.17. The van der Waals surface area contributed by atoms with Crippen LogP contribution in [0.3, 0.4) is 0 Å². The van der Waals surface area contributed by atoms with Gasteiger partial charge in [0.15, 0.2) is 5.82 Å². The van der Waals surface area contributed by atoms with Crippen LogP contribution in [-0.2, 0) is 22.6 Å². The van der Waals surface area contributed by atoms with Crippen LogP contribution in [0.2, 0.25) is 0 Å². The molecule has 1 heterocycles. The Labute approximate surface area is 203 Å². The standard InChI is InChI=1S/C26H29N3O6/c1-4-5-6-21-28-23(24(29-21)27-16(3)30)22(26(33)34)17-9-11-19(12-10-17)35-14-18-8-7-15(2)13-20(18)25(31)32/h7-13,22H,4-6,14H2,1-3H3,(H,27,30)(H,28,29)(H,31,32)(H,33,34). The Morgan fingerprint density at radius 1 is 1.11 bits per heavy atom. The molecule has 0 aliphatic rings. The van der Waals surface area contributed by atoms with Crippen molar-refractivity contribution in [3.05, 3.63) is 76.2 Å². The number of carbonyl (C=O) groups is 3. The quantitative estimate of drug-likeness (QED) is 0.317. The highest BCUT2D eigenvalue weighted by molar-refractivity contribution is 5.91. The van der Waals surface area contributed by atoms with Gasteiger partial charge in [-0.2, -0.15) is 0 Å². The molecule has 1 amide bonds. The molecule has 0 aliphatic carbocycles. The molecule has 35 heavy (non-hydrogen) atoms. The number of benzene rings is 2. The second-order valence-corrected chi connectivity index (χ2v) is 8.33. The number of imidazole rings is 1. The number of aromatic carboxylic acids is 1. The zero-order chi connectivity index (χ0) is 25.5. The summed E-state index contributed by atoms with van der Waals surface area (Å²) in [4.78, 5) is 42.9. The monoisotopic (exact) mass is 479 g/mol. The number of hydrogen-bond acceptors (Lipinski definition) is 5. The van der Waals surface area contributed by atoms with Gasteiger partial charge in [-0.25, -0.2) is 9.78 Å². The summed E-state index contributed by atoms with van der Waals surface area (Å²) >= 11 is 0. The summed E-state index contributed by atoms with van der Waals surface area (Å²) in [5, 5.41) is 22.1. The van der Waals surface area contributed by atoms with E-state index in [1.165, 1.54) is 6.92 Å². The van der Waals surface area contributed by atoms with Crippen LogP contribution in [0.5, 0.6) is 5.75 Å². The fourth-order valence-electron chi connectivity index (χ4n) is 3.74. The van der Waals surface area contributed by atoms with Gasteiger partial charge in [0.2, 0.25) is 5.91 Å². The molecular formula is C26H29N3O6. The van der Waals surface area contributed by atoms with Crippen molar-refractivity contribution in [1.29, 1.82) is 0 Å². The minimum absolute atomic E-state index is 0.0532. The SMILES string of the molecule is CCCCc1nc(NC(C)=O)c(C(C(=O)O)c2ccc(OCc3ccc(C)cc3C(=O)O)cc2)[nH]1. The minimum Gasteiger partial charge on any atom is -0.489 e. The number of nitrogens with one attached hydrogen (secondary N) is 2. The largest absolute Gasteiger partial charge is 0.489 e. The van der Waals surface area contributed by atoms with Crippen LogP contribution in [0.4, 0.5) is 5.82 Å². The Morgan fingerprint density at radius 3 is 2.43 bits per heavy atom. The number of ether oxygens (including phenoxy) is 1. The van der Waals surface area contributed by atoms with E-state index >= 15 is 0 Å². The maximum atomic E-state index is 12.2. The minimum atomic E-state index is -1.10. The number of rotatable bonds is 11. The fourth-order valence-corrected chi connectivity index (χ4v) is 3.74. The molecule has 1 aromatic heterocycles. The first-order valence-corrected chi connectivity index (χ1v) is 11.3. The van der Waals surface area contributed by atoms with Gasteiger partial charge in [-0.3, -0.25) is 9.59 Å². The topological polar surface area (TPSA) is 142 Å². The third-order valence-electron chi connectivity index (χ3n) is 5.48. The Bertz CT molecular complexity index is 1220. The number of carboxylic acids is 2. The Hall–Kier alpha value is -4.14. The smallest absolute Gasteiger partial charge is 0.336 e. The Balaban J connectivity index is 1.84. The van der Waals surface area contributed by atoms with Crippen LogP contribution in [0.25, 0.3) is 0 Å². The molecule has 9 nitrogen and oxygen atoms in total. The predicted octanol–water partition coefficient (Wildman–Crippen LogP) is 4.51. The molecule has 4 N–H and O–H groups in total. The first kappa shape index (κ1) is 25.5. The van der Waals surface area contributed by atoms with Gasteiger partial charge in [0.25, 0.3) is 0 Å². The lowest BCUT2D eigenvalue weighted by atomic mass is 9.95. The van der Waals surface area contributed by atoms with Gasteiger partial charge >= 0.3 is 11.9 Å². The summed E-state index contributed by atoms with van der Waals surface area (Å²) in [7, 11) is 0. The summed E-state index contributed by atoms with van der Waals surface area (Å²) in [6.07, 6.45) is 2.46. The molecule has 1 unspecified atom stereocenters. The Kier molecular flexibility index (Phi) is 8.25. The molecule has 0 saturated carbocycles. The zero-order valence-corrected chi connectivity index (χ0v) is 19.9. The number of anilines is 1. The summed E-state index contributed by atoms with van der Waals surface area (Å²) in [5.41, 5.74) is 2.33. The second kappa shape index (κ2) is 11.3. The Morgan fingerprint density at radius 2 is 1.83 bits per heavy atom. The van der Waals surface area contributed by atoms with Gasteiger partial charge in [0.1, 0.15) is 24.1 Å². The van der Waals surface area contributed by atoms with Crippen LogP contribution < -0.4 is 10.1 Å². The molecule has 0 bridgehead atoms. The third-order valence-corrected chi connectivity index (χ3v) is 5.48. The number of carbonyl (C=O) groups excluding carboxylic acids is 1. The van der Waals surface area contributed by atoms with Crippen molar-refractivity contribution in [3.63, 3.8) is 0 Å². The van der Waals surface area contributed by atoms with Gasteiger partial charge < -0.3 is 25.3 Å². The van der Waals surface area contributed by atoms with Crippen LogP contribution >= 0.6 is 0 Å². The number of aryl methyl sites for hydroxylation is 2. The van der Waals surface area contributed by atoms with E-state index in [1.807, 2.05) is 19.9 Å². The van der Waals surface area contributed by atoms with E-state index in [9.17, 15) is 24.6 Å². The van der Waals surface area contributed by atoms with Gasteiger partial charge in [-0.1, -0.05) is 43.2 Å². The molecule has 0 radical (unpaired) electrons.